The van der Waals surface area contributed by atoms with Crippen LogP contribution in [0, 0.1) is 0 Å². The van der Waals surface area contributed by atoms with Gasteiger partial charge in [-0.1, -0.05) is 23.4 Å². The normalized spacial score (nSPS) is 15.3. The Balaban J connectivity index is 1.97. The standard InChI is InChI=1S/C19H16N4O3/c1-11(24)23-15-7-5-4-6-13(15)17(19(23)25)18(26-3)12-8-9-16-14(10-12)20-21-22(16)2/h4-10H,1-3H3/b18-17+. The van der Waals surface area contributed by atoms with Gasteiger partial charge in [0.15, 0.2) is 0 Å². The molecule has 0 spiro atoms. The molecule has 0 saturated heterocycles. The van der Waals surface area contributed by atoms with Crippen LogP contribution in [-0.4, -0.2) is 33.9 Å². The first-order valence-electron chi connectivity index (χ1n) is 8.05. The van der Waals surface area contributed by atoms with Gasteiger partial charge in [0, 0.05) is 25.1 Å². The predicted molar refractivity (Wildman–Crippen MR) is 96.9 cm³/mol. The van der Waals surface area contributed by atoms with Crippen molar-refractivity contribution < 1.29 is 14.3 Å². The molecule has 0 aliphatic carbocycles. The maximum atomic E-state index is 13.0. The van der Waals surface area contributed by atoms with Gasteiger partial charge in [0.05, 0.1) is 23.9 Å². The van der Waals surface area contributed by atoms with E-state index in [-0.39, 0.29) is 5.91 Å². The van der Waals surface area contributed by atoms with Crippen molar-refractivity contribution in [3.63, 3.8) is 0 Å². The molecule has 2 aromatic carbocycles. The molecule has 1 aliphatic heterocycles. The molecule has 7 nitrogen and oxygen atoms in total. The summed E-state index contributed by atoms with van der Waals surface area (Å²) in [7, 11) is 3.32. The van der Waals surface area contributed by atoms with Crippen molar-refractivity contribution in [1.82, 2.24) is 15.0 Å². The van der Waals surface area contributed by atoms with Crippen LogP contribution in [-0.2, 0) is 21.4 Å². The maximum Gasteiger partial charge on any atom is 0.269 e. The fraction of sp³-hybridized carbons (Fsp3) is 0.158. The van der Waals surface area contributed by atoms with Crippen LogP contribution < -0.4 is 4.90 Å². The number of aryl methyl sites for hydroxylation is 1. The second-order valence-corrected chi connectivity index (χ2v) is 6.00. The zero-order valence-electron chi connectivity index (χ0n) is 14.6. The van der Waals surface area contributed by atoms with E-state index in [0.29, 0.717) is 33.7 Å². The Bertz CT molecular complexity index is 1100. The van der Waals surface area contributed by atoms with Crippen LogP contribution >= 0.6 is 0 Å². The minimum Gasteiger partial charge on any atom is -0.495 e. The highest BCUT2D eigenvalue weighted by molar-refractivity contribution is 6.42. The topological polar surface area (TPSA) is 77.3 Å². The third-order valence-electron chi connectivity index (χ3n) is 4.45. The highest BCUT2D eigenvalue weighted by Gasteiger charge is 2.37. The number of nitrogens with zero attached hydrogens (tertiary/aromatic N) is 4. The lowest BCUT2D eigenvalue weighted by Gasteiger charge is -2.12. The highest BCUT2D eigenvalue weighted by Crippen LogP contribution is 2.41. The Labute approximate surface area is 149 Å². The summed E-state index contributed by atoms with van der Waals surface area (Å²) in [6.45, 7) is 1.37. The number of fused-ring (bicyclic) bond motifs is 2. The van der Waals surface area contributed by atoms with E-state index in [1.807, 2.05) is 37.4 Å². The lowest BCUT2D eigenvalue weighted by atomic mass is 10.0. The number of methoxy groups -OCH3 is 1. The number of anilines is 1. The molecule has 0 N–H and O–H groups in total. The molecule has 1 aliphatic rings. The first-order valence-corrected chi connectivity index (χ1v) is 8.05. The average molecular weight is 348 g/mol. The number of hydrogen-bond donors (Lipinski definition) is 0. The Morgan fingerprint density at radius 2 is 1.92 bits per heavy atom. The number of imide groups is 1. The molecule has 2 heterocycles. The van der Waals surface area contributed by atoms with Crippen molar-refractivity contribution in [3.8, 4) is 0 Å². The lowest BCUT2D eigenvalue weighted by molar-refractivity contribution is -0.122. The maximum absolute atomic E-state index is 13.0. The van der Waals surface area contributed by atoms with Gasteiger partial charge in [0.1, 0.15) is 11.3 Å². The summed E-state index contributed by atoms with van der Waals surface area (Å²) >= 11 is 0. The number of carbonyl (C=O) groups excluding carboxylic acids is 2. The van der Waals surface area contributed by atoms with E-state index >= 15 is 0 Å². The molecule has 0 bridgehead atoms. The summed E-state index contributed by atoms with van der Waals surface area (Å²) in [6.07, 6.45) is 0. The molecule has 26 heavy (non-hydrogen) atoms. The fourth-order valence-corrected chi connectivity index (χ4v) is 3.29. The summed E-state index contributed by atoms with van der Waals surface area (Å²) in [5, 5.41) is 8.11. The quantitative estimate of drug-likeness (QED) is 0.525. The number of benzene rings is 2. The smallest absolute Gasteiger partial charge is 0.269 e. The first kappa shape index (κ1) is 16.0. The number of carbonyl (C=O) groups is 2. The van der Waals surface area contributed by atoms with E-state index in [1.165, 1.54) is 18.9 Å². The number of rotatable bonds is 2. The molecular formula is C19H16N4O3. The second-order valence-electron chi connectivity index (χ2n) is 6.00. The van der Waals surface area contributed by atoms with Crippen molar-refractivity contribution in [2.45, 2.75) is 6.92 Å². The predicted octanol–water partition coefficient (Wildman–Crippen LogP) is 2.38. The number of para-hydroxylation sites is 1. The Morgan fingerprint density at radius 3 is 2.65 bits per heavy atom. The summed E-state index contributed by atoms with van der Waals surface area (Å²) in [6, 6.07) is 12.7. The van der Waals surface area contributed by atoms with Crippen LogP contribution in [0.1, 0.15) is 18.1 Å². The molecule has 130 valence electrons. The molecule has 0 unspecified atom stereocenters. The summed E-state index contributed by atoms with van der Waals surface area (Å²) in [5.74, 6) is -0.328. The molecule has 0 fully saturated rings. The van der Waals surface area contributed by atoms with Crippen molar-refractivity contribution in [1.29, 1.82) is 0 Å². The van der Waals surface area contributed by atoms with E-state index in [1.54, 1.807) is 16.8 Å². The van der Waals surface area contributed by atoms with E-state index in [9.17, 15) is 9.59 Å². The fourth-order valence-electron chi connectivity index (χ4n) is 3.29. The SMILES string of the molecule is CO/C(=C1/C(=O)N(C(C)=O)c2ccccc21)c1ccc2c(c1)nnn2C. The summed E-state index contributed by atoms with van der Waals surface area (Å²) in [5.41, 5.74) is 3.87. The molecule has 4 rings (SSSR count). The van der Waals surface area contributed by atoms with Crippen molar-refractivity contribution in [3.05, 3.63) is 53.6 Å². The number of amides is 2. The van der Waals surface area contributed by atoms with E-state index in [2.05, 4.69) is 10.3 Å². The van der Waals surface area contributed by atoms with Crippen LogP contribution in [0.25, 0.3) is 22.4 Å². The van der Waals surface area contributed by atoms with Crippen molar-refractivity contribution >= 4 is 39.9 Å². The van der Waals surface area contributed by atoms with Crippen LogP contribution in [0.2, 0.25) is 0 Å². The Morgan fingerprint density at radius 1 is 1.15 bits per heavy atom. The second kappa shape index (κ2) is 5.80. The van der Waals surface area contributed by atoms with Gasteiger partial charge in [0.2, 0.25) is 5.91 Å². The largest absolute Gasteiger partial charge is 0.495 e. The van der Waals surface area contributed by atoms with Crippen LogP contribution in [0.4, 0.5) is 5.69 Å². The number of aromatic nitrogens is 3. The Kier molecular flexibility index (Phi) is 3.57. The molecule has 0 radical (unpaired) electrons. The van der Waals surface area contributed by atoms with E-state index in [0.717, 1.165) is 5.52 Å². The molecule has 0 saturated carbocycles. The van der Waals surface area contributed by atoms with Crippen LogP contribution in [0.15, 0.2) is 42.5 Å². The van der Waals surface area contributed by atoms with Gasteiger partial charge >= 0.3 is 0 Å². The monoisotopic (exact) mass is 348 g/mol. The number of hydrogen-bond acceptors (Lipinski definition) is 5. The molecule has 0 atom stereocenters. The van der Waals surface area contributed by atoms with Gasteiger partial charge < -0.3 is 4.74 Å². The van der Waals surface area contributed by atoms with Crippen LogP contribution in [0.5, 0.6) is 0 Å². The van der Waals surface area contributed by atoms with Gasteiger partial charge in [0.25, 0.3) is 5.91 Å². The van der Waals surface area contributed by atoms with Crippen molar-refractivity contribution in [2.75, 3.05) is 12.0 Å². The van der Waals surface area contributed by atoms with Gasteiger partial charge in [-0.15, -0.1) is 5.10 Å². The average Bonchev–Trinajstić information content (AvgIpc) is 3.14. The van der Waals surface area contributed by atoms with Gasteiger partial charge in [-0.2, -0.15) is 0 Å². The summed E-state index contributed by atoms with van der Waals surface area (Å²) in [4.78, 5) is 26.2. The zero-order valence-corrected chi connectivity index (χ0v) is 14.6. The van der Waals surface area contributed by atoms with Crippen LogP contribution in [0.3, 0.4) is 0 Å². The summed E-state index contributed by atoms with van der Waals surface area (Å²) < 4.78 is 7.27. The van der Waals surface area contributed by atoms with E-state index in [4.69, 9.17) is 4.74 Å². The minimum atomic E-state index is -0.394. The zero-order chi connectivity index (χ0) is 18.4. The highest BCUT2D eigenvalue weighted by atomic mass is 16.5. The van der Waals surface area contributed by atoms with E-state index < -0.39 is 5.91 Å². The molecule has 2 amide bonds. The molecular weight excluding hydrogens is 332 g/mol. The third kappa shape index (κ3) is 2.21. The molecule has 1 aromatic heterocycles. The Hall–Kier alpha value is -3.48. The first-order chi connectivity index (χ1) is 12.5. The van der Waals surface area contributed by atoms with Gasteiger partial charge in [-0.3, -0.25) is 9.59 Å². The third-order valence-corrected chi connectivity index (χ3v) is 4.45. The van der Waals surface area contributed by atoms with Gasteiger partial charge in [-0.25, -0.2) is 9.58 Å². The minimum absolute atomic E-state index is 0.336. The number of ether oxygens (including phenoxy) is 1. The molecule has 7 heteroatoms. The molecule has 3 aromatic rings. The van der Waals surface area contributed by atoms with Crippen molar-refractivity contribution in [2.24, 2.45) is 7.05 Å². The lowest BCUT2D eigenvalue weighted by Crippen LogP contribution is -2.31. The van der Waals surface area contributed by atoms with Gasteiger partial charge in [-0.05, 0) is 24.3 Å².